The SMILES string of the molecule is CC1CCCCC1CNCC1CCOCO1. The van der Waals surface area contributed by atoms with Crippen LogP contribution in [0.5, 0.6) is 0 Å². The fourth-order valence-electron chi connectivity index (χ4n) is 2.79. The van der Waals surface area contributed by atoms with Crippen molar-refractivity contribution >= 4 is 0 Å². The van der Waals surface area contributed by atoms with Gasteiger partial charge >= 0.3 is 0 Å². The Labute approximate surface area is 98.9 Å². The summed E-state index contributed by atoms with van der Waals surface area (Å²) in [4.78, 5) is 0. The van der Waals surface area contributed by atoms with E-state index in [1.165, 1.54) is 32.2 Å². The number of ether oxygens (including phenoxy) is 2. The largest absolute Gasteiger partial charge is 0.355 e. The van der Waals surface area contributed by atoms with Crippen LogP contribution >= 0.6 is 0 Å². The fourth-order valence-corrected chi connectivity index (χ4v) is 2.79. The quantitative estimate of drug-likeness (QED) is 0.798. The molecule has 2 fully saturated rings. The van der Waals surface area contributed by atoms with Crippen molar-refractivity contribution < 1.29 is 9.47 Å². The number of hydrogen-bond donors (Lipinski definition) is 1. The van der Waals surface area contributed by atoms with Gasteiger partial charge < -0.3 is 14.8 Å². The fraction of sp³-hybridized carbons (Fsp3) is 1.00. The smallest absolute Gasteiger partial charge is 0.147 e. The van der Waals surface area contributed by atoms with Crippen molar-refractivity contribution in [3.05, 3.63) is 0 Å². The Hall–Kier alpha value is -0.120. The van der Waals surface area contributed by atoms with Crippen molar-refractivity contribution in [2.45, 2.75) is 45.1 Å². The Morgan fingerprint density at radius 2 is 2.00 bits per heavy atom. The summed E-state index contributed by atoms with van der Waals surface area (Å²) in [6, 6.07) is 0. The van der Waals surface area contributed by atoms with Crippen LogP contribution in [0.1, 0.15) is 39.0 Å². The van der Waals surface area contributed by atoms with Crippen LogP contribution in [-0.4, -0.2) is 32.6 Å². The maximum Gasteiger partial charge on any atom is 0.147 e. The average molecular weight is 227 g/mol. The van der Waals surface area contributed by atoms with E-state index in [1.807, 2.05) is 0 Å². The summed E-state index contributed by atoms with van der Waals surface area (Å²) >= 11 is 0. The normalized spacial score (nSPS) is 36.2. The molecule has 0 radical (unpaired) electrons. The Bertz CT molecular complexity index is 192. The second-order valence-electron chi connectivity index (χ2n) is 5.28. The molecule has 94 valence electrons. The lowest BCUT2D eigenvalue weighted by atomic mass is 9.80. The van der Waals surface area contributed by atoms with E-state index in [2.05, 4.69) is 12.2 Å². The van der Waals surface area contributed by atoms with Crippen molar-refractivity contribution in [3.63, 3.8) is 0 Å². The maximum absolute atomic E-state index is 5.51. The molecule has 1 aliphatic heterocycles. The standard InChI is InChI=1S/C13H25NO2/c1-11-4-2-3-5-12(11)8-14-9-13-6-7-15-10-16-13/h11-14H,2-10H2,1H3. The molecule has 3 heteroatoms. The summed E-state index contributed by atoms with van der Waals surface area (Å²) < 4.78 is 10.7. The Balaban J connectivity index is 1.59. The molecule has 1 N–H and O–H groups in total. The predicted octanol–water partition coefficient (Wildman–Crippen LogP) is 2.17. The van der Waals surface area contributed by atoms with Crippen molar-refractivity contribution in [2.75, 3.05) is 26.5 Å². The molecule has 2 aliphatic rings. The molecular formula is C13H25NO2. The zero-order valence-electron chi connectivity index (χ0n) is 10.4. The lowest BCUT2D eigenvalue weighted by Crippen LogP contribution is -2.37. The van der Waals surface area contributed by atoms with E-state index in [0.717, 1.165) is 31.4 Å². The van der Waals surface area contributed by atoms with Gasteiger partial charge in [-0.05, 0) is 31.2 Å². The van der Waals surface area contributed by atoms with E-state index in [0.29, 0.717) is 12.9 Å². The van der Waals surface area contributed by atoms with Gasteiger partial charge in [0.2, 0.25) is 0 Å². The molecule has 0 aromatic rings. The zero-order valence-corrected chi connectivity index (χ0v) is 10.4. The van der Waals surface area contributed by atoms with E-state index < -0.39 is 0 Å². The van der Waals surface area contributed by atoms with Gasteiger partial charge in [0.15, 0.2) is 0 Å². The van der Waals surface area contributed by atoms with E-state index in [4.69, 9.17) is 9.47 Å². The highest BCUT2D eigenvalue weighted by Gasteiger charge is 2.21. The molecular weight excluding hydrogens is 202 g/mol. The summed E-state index contributed by atoms with van der Waals surface area (Å²) in [5.41, 5.74) is 0. The molecule has 1 aliphatic carbocycles. The van der Waals surface area contributed by atoms with Gasteiger partial charge in [0.05, 0.1) is 12.7 Å². The van der Waals surface area contributed by atoms with Gasteiger partial charge in [-0.25, -0.2) is 0 Å². The molecule has 0 amide bonds. The highest BCUT2D eigenvalue weighted by molar-refractivity contribution is 4.75. The minimum absolute atomic E-state index is 0.368. The summed E-state index contributed by atoms with van der Waals surface area (Å²) in [6.07, 6.45) is 7.08. The second kappa shape index (κ2) is 6.58. The van der Waals surface area contributed by atoms with Gasteiger partial charge in [0, 0.05) is 6.54 Å². The molecule has 0 aromatic heterocycles. The number of nitrogens with one attached hydrogen (secondary N) is 1. The Morgan fingerprint density at radius 3 is 2.75 bits per heavy atom. The molecule has 3 unspecified atom stereocenters. The molecule has 16 heavy (non-hydrogen) atoms. The van der Waals surface area contributed by atoms with Crippen LogP contribution in [0.25, 0.3) is 0 Å². The number of hydrogen-bond acceptors (Lipinski definition) is 3. The van der Waals surface area contributed by atoms with Gasteiger partial charge in [0.25, 0.3) is 0 Å². The zero-order chi connectivity index (χ0) is 11.2. The summed E-state index contributed by atoms with van der Waals surface area (Å²) in [7, 11) is 0. The first-order valence-electron chi connectivity index (χ1n) is 6.76. The molecule has 1 heterocycles. The van der Waals surface area contributed by atoms with E-state index in [1.54, 1.807) is 0 Å². The van der Waals surface area contributed by atoms with Crippen LogP contribution < -0.4 is 5.32 Å². The first kappa shape index (κ1) is 12.3. The lowest BCUT2D eigenvalue weighted by Gasteiger charge is -2.30. The minimum atomic E-state index is 0.368. The van der Waals surface area contributed by atoms with Crippen molar-refractivity contribution in [3.8, 4) is 0 Å². The van der Waals surface area contributed by atoms with Crippen molar-refractivity contribution in [1.29, 1.82) is 0 Å². The minimum Gasteiger partial charge on any atom is -0.355 e. The molecule has 2 rings (SSSR count). The molecule has 1 saturated carbocycles. The van der Waals surface area contributed by atoms with Crippen LogP contribution in [0.4, 0.5) is 0 Å². The van der Waals surface area contributed by atoms with Crippen molar-refractivity contribution in [2.24, 2.45) is 11.8 Å². The second-order valence-corrected chi connectivity index (χ2v) is 5.28. The van der Waals surface area contributed by atoms with E-state index in [9.17, 15) is 0 Å². The first-order valence-corrected chi connectivity index (χ1v) is 6.76. The third-order valence-electron chi connectivity index (χ3n) is 4.04. The van der Waals surface area contributed by atoms with Crippen LogP contribution in [-0.2, 0) is 9.47 Å². The molecule has 0 aromatic carbocycles. The van der Waals surface area contributed by atoms with E-state index >= 15 is 0 Å². The van der Waals surface area contributed by atoms with Gasteiger partial charge in [-0.15, -0.1) is 0 Å². The van der Waals surface area contributed by atoms with Crippen molar-refractivity contribution in [1.82, 2.24) is 5.32 Å². The van der Waals surface area contributed by atoms with Gasteiger partial charge in [-0.3, -0.25) is 0 Å². The topological polar surface area (TPSA) is 30.5 Å². The molecule has 0 spiro atoms. The monoisotopic (exact) mass is 227 g/mol. The Morgan fingerprint density at radius 1 is 1.12 bits per heavy atom. The summed E-state index contributed by atoms with van der Waals surface area (Å²) in [6.45, 7) is 5.89. The molecule has 3 atom stereocenters. The first-order chi connectivity index (χ1) is 7.86. The number of rotatable bonds is 4. The Kier molecular flexibility index (Phi) is 5.07. The predicted molar refractivity (Wildman–Crippen MR) is 64.3 cm³/mol. The lowest BCUT2D eigenvalue weighted by molar-refractivity contribution is -0.137. The van der Waals surface area contributed by atoms with Gasteiger partial charge in [0.1, 0.15) is 6.79 Å². The highest BCUT2D eigenvalue weighted by Crippen LogP contribution is 2.28. The van der Waals surface area contributed by atoms with Crippen LogP contribution in [0, 0.1) is 11.8 Å². The third-order valence-corrected chi connectivity index (χ3v) is 4.04. The molecule has 0 bridgehead atoms. The van der Waals surface area contributed by atoms with Crippen LogP contribution in [0.2, 0.25) is 0 Å². The highest BCUT2D eigenvalue weighted by atomic mass is 16.7. The van der Waals surface area contributed by atoms with E-state index in [-0.39, 0.29) is 0 Å². The van der Waals surface area contributed by atoms with Gasteiger partial charge in [-0.2, -0.15) is 0 Å². The summed E-state index contributed by atoms with van der Waals surface area (Å²) in [5.74, 6) is 1.78. The molecule has 1 saturated heterocycles. The third kappa shape index (κ3) is 3.72. The molecule has 3 nitrogen and oxygen atoms in total. The van der Waals surface area contributed by atoms with Crippen LogP contribution in [0.15, 0.2) is 0 Å². The summed E-state index contributed by atoms with van der Waals surface area (Å²) in [5, 5.41) is 3.57. The average Bonchev–Trinajstić information content (AvgIpc) is 2.33. The van der Waals surface area contributed by atoms with Gasteiger partial charge in [-0.1, -0.05) is 26.2 Å². The maximum atomic E-state index is 5.51. The van der Waals surface area contributed by atoms with Crippen LogP contribution in [0.3, 0.4) is 0 Å².